The van der Waals surface area contributed by atoms with Gasteiger partial charge < -0.3 is 0 Å². The highest BCUT2D eigenvalue weighted by Crippen LogP contribution is 2.12. The van der Waals surface area contributed by atoms with Gasteiger partial charge in [0.1, 0.15) is 0 Å². The van der Waals surface area contributed by atoms with Gasteiger partial charge in [-0.15, -0.1) is 0 Å². The van der Waals surface area contributed by atoms with Crippen molar-refractivity contribution < 1.29 is 0 Å². The van der Waals surface area contributed by atoms with Gasteiger partial charge >= 0.3 is 0 Å². The number of hydrogen-bond acceptors (Lipinski definition) is 0. The maximum atomic E-state index is 3.62. The summed E-state index contributed by atoms with van der Waals surface area (Å²) in [5.41, 5.74) is 1.44. The van der Waals surface area contributed by atoms with Crippen molar-refractivity contribution in [2.24, 2.45) is 0 Å². The van der Waals surface area contributed by atoms with Crippen molar-refractivity contribution in [3.05, 3.63) is 29.8 Å². The first-order valence-electron chi connectivity index (χ1n) is 4.32. The average Bonchev–Trinajstić information content (AvgIpc) is 2.18. The molecule has 0 saturated heterocycles. The lowest BCUT2D eigenvalue weighted by atomic mass is 10.2. The monoisotopic (exact) mass is 320 g/mol. The first kappa shape index (κ1) is 11.5. The molecule has 13 heavy (non-hydrogen) atoms. The summed E-state index contributed by atoms with van der Waals surface area (Å²) in [6, 6.07) is 8.73. The maximum Gasteiger partial charge on any atom is 0.0915 e. The summed E-state index contributed by atoms with van der Waals surface area (Å²) < 4.78 is 0. The van der Waals surface area contributed by atoms with Crippen LogP contribution < -0.4 is 5.19 Å². The highest BCUT2D eigenvalue weighted by molar-refractivity contribution is 9.09. The summed E-state index contributed by atoms with van der Waals surface area (Å²) in [7, 11) is -1.23. The minimum atomic E-state index is -1.23. The lowest BCUT2D eigenvalue weighted by molar-refractivity contribution is 1.45. The van der Waals surface area contributed by atoms with E-state index in [1.54, 1.807) is 5.19 Å². The predicted molar refractivity (Wildman–Crippen MR) is 70.0 cm³/mol. The Morgan fingerprint density at radius 3 is 2.31 bits per heavy atom. The Kier molecular flexibility index (Phi) is 4.20. The molecule has 0 aliphatic carbocycles. The van der Waals surface area contributed by atoms with Crippen molar-refractivity contribution in [2.45, 2.75) is 18.4 Å². The third kappa shape index (κ3) is 2.67. The second-order valence-corrected chi connectivity index (χ2v) is 10.6. The molecule has 0 saturated carbocycles. The van der Waals surface area contributed by atoms with Crippen LogP contribution in [0.3, 0.4) is 0 Å². The highest BCUT2D eigenvalue weighted by atomic mass is 79.9. The van der Waals surface area contributed by atoms with Gasteiger partial charge in [-0.1, -0.05) is 74.4 Å². The van der Waals surface area contributed by atoms with E-state index in [1.807, 2.05) is 0 Å². The molecule has 0 heterocycles. The highest BCUT2D eigenvalue weighted by Gasteiger charge is 2.23. The fraction of sp³-hybridized carbons (Fsp3) is 0.400. The van der Waals surface area contributed by atoms with Gasteiger partial charge in [-0.3, -0.25) is 0 Å². The molecule has 0 nitrogen and oxygen atoms in total. The van der Waals surface area contributed by atoms with E-state index in [0.29, 0.717) is 0 Å². The van der Waals surface area contributed by atoms with Gasteiger partial charge in [0.05, 0.1) is 8.07 Å². The van der Waals surface area contributed by atoms with Crippen LogP contribution >= 0.6 is 31.9 Å². The second-order valence-electron chi connectivity index (χ2n) is 3.81. The molecule has 0 atom stereocenters. The minimum absolute atomic E-state index is 0.965. The molecule has 0 aliphatic heterocycles. The average molecular weight is 322 g/mol. The number of rotatable bonds is 3. The molecule has 1 aromatic rings. The van der Waals surface area contributed by atoms with E-state index < -0.39 is 8.07 Å². The van der Waals surface area contributed by atoms with Crippen LogP contribution in [0.25, 0.3) is 0 Å². The smallest absolute Gasteiger partial charge is 0.0915 e. The van der Waals surface area contributed by atoms with Crippen molar-refractivity contribution >= 4 is 45.1 Å². The largest absolute Gasteiger partial charge is 0.0958 e. The van der Waals surface area contributed by atoms with Crippen LogP contribution in [-0.2, 0) is 5.33 Å². The van der Waals surface area contributed by atoms with E-state index in [-0.39, 0.29) is 0 Å². The lowest BCUT2D eigenvalue weighted by Gasteiger charge is -2.22. The van der Waals surface area contributed by atoms with Crippen LogP contribution in [-0.4, -0.2) is 13.0 Å². The van der Waals surface area contributed by atoms with Gasteiger partial charge in [0, 0.05) is 10.3 Å². The molecule has 0 unspecified atom stereocenters. The molecule has 0 aromatic heterocycles. The quantitative estimate of drug-likeness (QED) is 0.591. The molecule has 0 aliphatic rings. The zero-order valence-electron chi connectivity index (χ0n) is 7.98. The molecule has 0 N–H and O–H groups in total. The SMILES string of the molecule is C[Si](C)(CBr)c1ccccc1CBr. The zero-order chi connectivity index (χ0) is 9.90. The minimum Gasteiger partial charge on any atom is -0.0958 e. The van der Waals surface area contributed by atoms with Crippen molar-refractivity contribution in [1.29, 1.82) is 0 Å². The van der Waals surface area contributed by atoms with Crippen LogP contribution in [0.5, 0.6) is 0 Å². The molecule has 1 aromatic carbocycles. The Hall–Kier alpha value is 0.397. The van der Waals surface area contributed by atoms with Crippen molar-refractivity contribution in [3.63, 3.8) is 0 Å². The van der Waals surface area contributed by atoms with Crippen LogP contribution in [0, 0.1) is 0 Å². The Morgan fingerprint density at radius 1 is 1.15 bits per heavy atom. The van der Waals surface area contributed by atoms with Crippen LogP contribution in [0.2, 0.25) is 13.1 Å². The predicted octanol–water partition coefficient (Wildman–Crippen LogP) is 3.43. The Morgan fingerprint density at radius 2 is 1.77 bits per heavy atom. The zero-order valence-corrected chi connectivity index (χ0v) is 12.2. The third-order valence-electron chi connectivity index (χ3n) is 2.22. The fourth-order valence-electron chi connectivity index (χ4n) is 1.37. The van der Waals surface area contributed by atoms with E-state index in [2.05, 4.69) is 69.2 Å². The van der Waals surface area contributed by atoms with Gasteiger partial charge in [-0.05, 0) is 5.56 Å². The molecule has 0 radical (unpaired) electrons. The number of benzene rings is 1. The molecule has 0 bridgehead atoms. The summed E-state index contributed by atoms with van der Waals surface area (Å²) in [6.07, 6.45) is 0. The number of halogens is 2. The summed E-state index contributed by atoms with van der Waals surface area (Å²) >= 11 is 7.15. The molecule has 0 fully saturated rings. The molecule has 0 spiro atoms. The first-order chi connectivity index (χ1) is 6.11. The van der Waals surface area contributed by atoms with Crippen molar-refractivity contribution in [2.75, 3.05) is 4.95 Å². The molecule has 3 heteroatoms. The maximum absolute atomic E-state index is 3.62. The van der Waals surface area contributed by atoms with Crippen LogP contribution in [0.4, 0.5) is 0 Å². The second kappa shape index (κ2) is 4.76. The van der Waals surface area contributed by atoms with E-state index in [9.17, 15) is 0 Å². The third-order valence-corrected chi connectivity index (χ3v) is 9.65. The molecule has 0 amide bonds. The molecular formula is C10H14Br2Si. The summed E-state index contributed by atoms with van der Waals surface area (Å²) in [5.74, 6) is 0. The van der Waals surface area contributed by atoms with Gasteiger partial charge in [0.15, 0.2) is 0 Å². The van der Waals surface area contributed by atoms with E-state index in [1.165, 1.54) is 5.56 Å². The van der Waals surface area contributed by atoms with E-state index in [4.69, 9.17) is 0 Å². The first-order valence-corrected chi connectivity index (χ1v) is 9.77. The van der Waals surface area contributed by atoms with Crippen LogP contribution in [0.15, 0.2) is 24.3 Å². The van der Waals surface area contributed by atoms with Gasteiger partial charge in [0.25, 0.3) is 0 Å². The van der Waals surface area contributed by atoms with E-state index in [0.717, 1.165) is 10.3 Å². The van der Waals surface area contributed by atoms with Gasteiger partial charge in [-0.25, -0.2) is 0 Å². The summed E-state index contributed by atoms with van der Waals surface area (Å²) in [4.78, 5) is 1.13. The van der Waals surface area contributed by atoms with Gasteiger partial charge in [-0.2, -0.15) is 0 Å². The van der Waals surface area contributed by atoms with E-state index >= 15 is 0 Å². The fourth-order valence-corrected chi connectivity index (χ4v) is 4.76. The van der Waals surface area contributed by atoms with Crippen LogP contribution in [0.1, 0.15) is 5.56 Å². The Bertz CT molecular complexity index is 284. The number of hydrogen-bond donors (Lipinski definition) is 0. The molecular weight excluding hydrogens is 308 g/mol. The Balaban J connectivity index is 3.12. The van der Waals surface area contributed by atoms with Crippen molar-refractivity contribution in [3.8, 4) is 0 Å². The molecule has 72 valence electrons. The number of alkyl halides is 2. The normalized spacial score (nSPS) is 11.7. The topological polar surface area (TPSA) is 0 Å². The Labute approximate surface area is 98.0 Å². The standard InChI is InChI=1S/C10H14Br2Si/c1-13(2,8-12)10-6-4-3-5-9(10)7-11/h3-6H,7-8H2,1-2H3. The van der Waals surface area contributed by atoms with Gasteiger partial charge in [0.2, 0.25) is 0 Å². The molecule has 1 rings (SSSR count). The van der Waals surface area contributed by atoms with Crippen molar-refractivity contribution in [1.82, 2.24) is 0 Å². The summed E-state index contributed by atoms with van der Waals surface area (Å²) in [5, 5.41) is 2.52. The summed E-state index contributed by atoms with van der Waals surface area (Å²) in [6.45, 7) is 4.78. The lowest BCUT2D eigenvalue weighted by Crippen LogP contribution is -2.45.